The Labute approximate surface area is 234 Å². The molecule has 1 aromatic carbocycles. The average Bonchev–Trinajstić information content (AvgIpc) is 2.94. The molecule has 3 aromatic heterocycles. The van der Waals surface area contributed by atoms with Gasteiger partial charge in [0.25, 0.3) is 5.91 Å². The van der Waals surface area contributed by atoms with E-state index in [1.807, 2.05) is 81.6 Å². The first kappa shape index (κ1) is 27.2. The molecule has 4 aromatic rings. The second kappa shape index (κ2) is 11.0. The van der Waals surface area contributed by atoms with E-state index in [1.165, 1.54) is 0 Å². The van der Waals surface area contributed by atoms with Crippen LogP contribution in [0.2, 0.25) is 0 Å². The van der Waals surface area contributed by atoms with E-state index in [1.54, 1.807) is 18.0 Å². The molecule has 2 atom stereocenters. The van der Waals surface area contributed by atoms with Crippen LogP contribution in [0.15, 0.2) is 65.7 Å². The lowest BCUT2D eigenvalue weighted by Gasteiger charge is -2.46. The molecule has 1 aliphatic heterocycles. The highest BCUT2D eigenvalue weighted by atomic mass is 32.2. The van der Waals surface area contributed by atoms with Gasteiger partial charge in [0.05, 0.1) is 29.1 Å². The van der Waals surface area contributed by atoms with Gasteiger partial charge in [0.1, 0.15) is 13.7 Å². The molecule has 0 spiro atoms. The Kier molecular flexibility index (Phi) is 7.65. The largest absolute Gasteiger partial charge is 0.399 e. The van der Waals surface area contributed by atoms with Gasteiger partial charge >= 0.3 is 0 Å². The van der Waals surface area contributed by atoms with Gasteiger partial charge in [-0.15, -0.1) is 11.8 Å². The zero-order valence-electron chi connectivity index (χ0n) is 22.7. The van der Waals surface area contributed by atoms with Crippen LogP contribution in [0.5, 0.6) is 0 Å². The minimum Gasteiger partial charge on any atom is -0.399 e. The lowest BCUT2D eigenvalue weighted by atomic mass is 9.62. The Morgan fingerprint density at radius 1 is 1.10 bits per heavy atom. The van der Waals surface area contributed by atoms with Crippen molar-refractivity contribution in [3.63, 3.8) is 0 Å². The summed E-state index contributed by atoms with van der Waals surface area (Å²) in [5, 5.41) is 14.5. The number of thioether (sulfide) groups is 1. The van der Waals surface area contributed by atoms with Crippen LogP contribution >= 0.6 is 11.8 Å². The molecule has 0 bridgehead atoms. The van der Waals surface area contributed by atoms with Crippen LogP contribution in [0.4, 0.5) is 5.82 Å². The molecule has 0 saturated carbocycles. The molecule has 1 fully saturated rings. The van der Waals surface area contributed by atoms with E-state index in [9.17, 15) is 9.90 Å². The van der Waals surface area contributed by atoms with E-state index in [0.29, 0.717) is 25.2 Å². The smallest absolute Gasteiger partial charge is 0.251 e. The summed E-state index contributed by atoms with van der Waals surface area (Å²) in [4.78, 5) is 30.3. The summed E-state index contributed by atoms with van der Waals surface area (Å²) in [5.74, 6) is 0.526. The zero-order valence-corrected chi connectivity index (χ0v) is 23.5. The number of piperidine rings is 1. The van der Waals surface area contributed by atoms with Crippen LogP contribution in [-0.4, -0.2) is 58.7 Å². The topological polar surface area (TPSA) is 91.2 Å². The number of nitrogens with zero attached hydrogens (tertiary/aromatic N) is 4. The number of hydrogen-bond acceptors (Lipinski definition) is 7. The second-order valence-corrected chi connectivity index (χ2v) is 11.3. The third kappa shape index (κ3) is 5.65. The summed E-state index contributed by atoms with van der Waals surface area (Å²) in [5.41, 5.74) is 3.63. The standard InChI is InChI=1S/C30H32BN5O2S/c1-18-8-9-21(12-27(18)39-4)29(37)33-15-23-13-26-22(14-32-23)10-11-25(34-26)24-6-5-7-28(35-24)36-16-19(2)30(31,38)20(3)17-36/h5-14,19-20,38H,15-17H2,1-4H3,(H,33,37). The maximum atomic E-state index is 12.7. The van der Waals surface area contributed by atoms with Gasteiger partial charge in [-0.1, -0.05) is 26.0 Å². The van der Waals surface area contributed by atoms with Crippen LogP contribution < -0.4 is 10.2 Å². The van der Waals surface area contributed by atoms with Crippen LogP contribution in [0, 0.1) is 18.8 Å². The van der Waals surface area contributed by atoms with Crippen molar-refractivity contribution in [2.75, 3.05) is 24.2 Å². The van der Waals surface area contributed by atoms with Crippen LogP contribution in [-0.2, 0) is 6.54 Å². The van der Waals surface area contributed by atoms with Crippen molar-refractivity contribution in [3.05, 3.63) is 77.6 Å². The maximum absolute atomic E-state index is 12.7. The van der Waals surface area contributed by atoms with Crippen molar-refractivity contribution >= 4 is 42.2 Å². The number of aromatic nitrogens is 3. The lowest BCUT2D eigenvalue weighted by Crippen LogP contribution is -2.57. The van der Waals surface area contributed by atoms with Crippen molar-refractivity contribution < 1.29 is 9.90 Å². The van der Waals surface area contributed by atoms with Gasteiger partial charge in [0.2, 0.25) is 0 Å². The van der Waals surface area contributed by atoms with Gasteiger partial charge in [0.15, 0.2) is 0 Å². The molecule has 1 aliphatic rings. The molecular weight excluding hydrogens is 505 g/mol. The van der Waals surface area contributed by atoms with E-state index in [-0.39, 0.29) is 17.7 Å². The number of rotatable bonds is 6. The Morgan fingerprint density at radius 3 is 2.59 bits per heavy atom. The minimum absolute atomic E-state index is 0.0875. The van der Waals surface area contributed by atoms with Crippen molar-refractivity contribution in [2.24, 2.45) is 11.8 Å². The third-order valence-electron chi connectivity index (χ3n) is 7.62. The van der Waals surface area contributed by atoms with Crippen LogP contribution in [0.1, 0.15) is 35.5 Å². The second-order valence-electron chi connectivity index (χ2n) is 10.4. The van der Waals surface area contributed by atoms with Gasteiger partial charge in [-0.25, -0.2) is 9.97 Å². The highest BCUT2D eigenvalue weighted by molar-refractivity contribution is 7.98. The molecule has 2 N–H and O–H groups in total. The molecule has 2 radical (unpaired) electrons. The summed E-state index contributed by atoms with van der Waals surface area (Å²) in [7, 11) is 6.15. The fourth-order valence-electron chi connectivity index (χ4n) is 4.97. The average molecular weight is 537 g/mol. The molecule has 198 valence electrons. The molecule has 9 heteroatoms. The summed E-state index contributed by atoms with van der Waals surface area (Å²) in [6, 6.07) is 17.5. The predicted octanol–water partition coefficient (Wildman–Crippen LogP) is 4.60. The number of aliphatic hydroxyl groups is 1. The fraction of sp³-hybridized carbons (Fsp3) is 0.333. The SMILES string of the molecule is [B]C1(O)C(C)CN(c2cccc(-c3ccc4cnc(CNC(=O)c5ccc(C)c(SC)c5)cc4n3)n2)CC1C. The number of benzene rings is 1. The molecule has 5 rings (SSSR count). The molecule has 1 amide bonds. The van der Waals surface area contributed by atoms with Crippen molar-refractivity contribution in [1.29, 1.82) is 0 Å². The first-order valence-electron chi connectivity index (χ1n) is 13.1. The van der Waals surface area contributed by atoms with Crippen LogP contribution in [0.3, 0.4) is 0 Å². The number of amides is 1. The number of anilines is 1. The highest BCUT2D eigenvalue weighted by Gasteiger charge is 2.40. The molecule has 1 saturated heterocycles. The number of carbonyl (C=O) groups excluding carboxylic acids is 1. The molecule has 2 unspecified atom stereocenters. The van der Waals surface area contributed by atoms with E-state index in [0.717, 1.165) is 44.3 Å². The molecule has 39 heavy (non-hydrogen) atoms. The Bertz CT molecular complexity index is 1510. The summed E-state index contributed by atoms with van der Waals surface area (Å²) in [6.07, 6.45) is 3.78. The fourth-order valence-corrected chi connectivity index (χ4v) is 5.61. The molecule has 4 heterocycles. The number of fused-ring (bicyclic) bond motifs is 1. The monoisotopic (exact) mass is 537 g/mol. The number of aryl methyl sites for hydroxylation is 1. The van der Waals surface area contributed by atoms with Crippen molar-refractivity contribution in [1.82, 2.24) is 20.3 Å². The number of carbonyl (C=O) groups is 1. The minimum atomic E-state index is -1.18. The third-order valence-corrected chi connectivity index (χ3v) is 8.50. The van der Waals surface area contributed by atoms with Gasteiger partial charge < -0.3 is 15.3 Å². The Balaban J connectivity index is 1.34. The zero-order chi connectivity index (χ0) is 27.7. The van der Waals surface area contributed by atoms with Gasteiger partial charge in [-0.2, -0.15) is 0 Å². The highest BCUT2D eigenvalue weighted by Crippen LogP contribution is 2.32. The lowest BCUT2D eigenvalue weighted by molar-refractivity contribution is 0.00924. The first-order valence-corrected chi connectivity index (χ1v) is 14.3. The summed E-state index contributed by atoms with van der Waals surface area (Å²) in [6.45, 7) is 7.52. The first-order chi connectivity index (χ1) is 18.7. The van der Waals surface area contributed by atoms with E-state index >= 15 is 0 Å². The summed E-state index contributed by atoms with van der Waals surface area (Å²) >= 11 is 1.63. The maximum Gasteiger partial charge on any atom is 0.251 e. The number of nitrogens with one attached hydrogen (secondary N) is 1. The Hall–Kier alpha value is -3.43. The van der Waals surface area contributed by atoms with E-state index in [2.05, 4.69) is 15.2 Å². The van der Waals surface area contributed by atoms with Gasteiger partial charge in [-0.05, 0) is 73.0 Å². The molecule has 0 aliphatic carbocycles. The molecular formula is C30H32BN5O2S. The van der Waals surface area contributed by atoms with Gasteiger partial charge in [0, 0.05) is 40.6 Å². The molecule has 7 nitrogen and oxygen atoms in total. The number of hydrogen-bond donors (Lipinski definition) is 2. The quantitative estimate of drug-likeness (QED) is 0.274. The van der Waals surface area contributed by atoms with Crippen molar-refractivity contribution in [3.8, 4) is 11.4 Å². The van der Waals surface area contributed by atoms with E-state index < -0.39 is 5.50 Å². The normalized spacial score (nSPS) is 21.2. The van der Waals surface area contributed by atoms with E-state index in [4.69, 9.17) is 17.8 Å². The van der Waals surface area contributed by atoms with Crippen LogP contribution in [0.25, 0.3) is 22.3 Å². The Morgan fingerprint density at radius 2 is 1.85 bits per heavy atom. The van der Waals surface area contributed by atoms with Crippen molar-refractivity contribution in [2.45, 2.75) is 37.7 Å². The predicted molar refractivity (Wildman–Crippen MR) is 158 cm³/mol. The number of pyridine rings is 3. The van der Waals surface area contributed by atoms with Gasteiger partial charge in [-0.3, -0.25) is 9.78 Å². The summed E-state index contributed by atoms with van der Waals surface area (Å²) < 4.78 is 0.